The largest absolute Gasteiger partial charge is 0.361 e. The zero-order valence-corrected chi connectivity index (χ0v) is 11.2. The summed E-state index contributed by atoms with van der Waals surface area (Å²) >= 11 is 1.71. The van der Waals surface area contributed by atoms with E-state index in [2.05, 4.69) is 39.5 Å². The molecule has 0 aliphatic rings. The molecule has 7 heteroatoms. The number of hydrazine groups is 1. The van der Waals surface area contributed by atoms with Crippen LogP contribution in [0, 0.1) is 0 Å². The van der Waals surface area contributed by atoms with Crippen molar-refractivity contribution in [3.63, 3.8) is 0 Å². The highest BCUT2D eigenvalue weighted by Gasteiger charge is 2.10. The smallest absolute Gasteiger partial charge is 0.145 e. The molecule has 2 rings (SSSR count). The van der Waals surface area contributed by atoms with E-state index in [1.54, 1.807) is 17.4 Å². The van der Waals surface area contributed by atoms with E-state index in [9.17, 15) is 0 Å². The van der Waals surface area contributed by atoms with Gasteiger partial charge in [0.1, 0.15) is 23.0 Å². The van der Waals surface area contributed by atoms with Crippen molar-refractivity contribution in [3.05, 3.63) is 28.5 Å². The van der Waals surface area contributed by atoms with Crippen LogP contribution in [0.15, 0.2) is 18.6 Å². The van der Waals surface area contributed by atoms with E-state index in [1.807, 2.05) is 6.20 Å². The zero-order valence-electron chi connectivity index (χ0n) is 10.3. The number of rotatable bonds is 5. The highest BCUT2D eigenvalue weighted by molar-refractivity contribution is 7.11. The molecule has 0 aliphatic heterocycles. The van der Waals surface area contributed by atoms with Crippen molar-refractivity contribution in [2.24, 2.45) is 5.84 Å². The molecule has 2 heterocycles. The first-order valence-electron chi connectivity index (χ1n) is 5.72. The van der Waals surface area contributed by atoms with Crippen LogP contribution < -0.4 is 16.6 Å². The van der Waals surface area contributed by atoms with E-state index in [-0.39, 0.29) is 6.04 Å². The molecule has 0 radical (unpaired) electrons. The molecule has 4 N–H and O–H groups in total. The molecule has 2 aromatic rings. The Hall–Kier alpha value is -1.73. The number of nitrogens with two attached hydrogens (primary N) is 1. The normalized spacial score (nSPS) is 12.2. The maximum Gasteiger partial charge on any atom is 0.145 e. The van der Waals surface area contributed by atoms with Crippen LogP contribution in [0.4, 0.5) is 11.6 Å². The SMILES string of the molecule is CCc1cnc(C(C)Nc2cc(NN)ncn2)s1. The standard InChI is InChI=1S/C11H16N6S/c1-3-8-5-13-11(18-8)7(2)16-9-4-10(17-12)15-6-14-9/h4-7H,3,12H2,1-2H3,(H2,14,15,16,17). The number of aryl methyl sites for hydroxylation is 1. The predicted molar refractivity (Wildman–Crippen MR) is 73.4 cm³/mol. The number of aromatic nitrogens is 3. The number of nitrogen functional groups attached to an aromatic ring is 1. The molecule has 18 heavy (non-hydrogen) atoms. The van der Waals surface area contributed by atoms with Gasteiger partial charge in [0, 0.05) is 17.1 Å². The number of anilines is 2. The molecular weight excluding hydrogens is 248 g/mol. The van der Waals surface area contributed by atoms with Crippen molar-refractivity contribution in [1.82, 2.24) is 15.0 Å². The molecule has 0 fully saturated rings. The third kappa shape index (κ3) is 2.93. The molecule has 0 bridgehead atoms. The fourth-order valence-corrected chi connectivity index (χ4v) is 2.34. The summed E-state index contributed by atoms with van der Waals surface area (Å²) in [6.07, 6.45) is 4.40. The van der Waals surface area contributed by atoms with E-state index in [0.717, 1.165) is 17.2 Å². The lowest BCUT2D eigenvalue weighted by Crippen LogP contribution is -2.11. The molecule has 96 valence electrons. The number of thiazole rings is 1. The first kappa shape index (κ1) is 12.7. The second kappa shape index (κ2) is 5.74. The van der Waals surface area contributed by atoms with Crippen LogP contribution in [-0.2, 0) is 6.42 Å². The Morgan fingerprint density at radius 1 is 1.33 bits per heavy atom. The molecule has 0 saturated carbocycles. The van der Waals surface area contributed by atoms with Crippen molar-refractivity contribution >= 4 is 23.0 Å². The lowest BCUT2D eigenvalue weighted by molar-refractivity contribution is 0.858. The highest BCUT2D eigenvalue weighted by atomic mass is 32.1. The summed E-state index contributed by atoms with van der Waals surface area (Å²) in [6, 6.07) is 1.86. The molecule has 2 aromatic heterocycles. The van der Waals surface area contributed by atoms with Gasteiger partial charge in [0.15, 0.2) is 0 Å². The molecule has 0 amide bonds. The summed E-state index contributed by atoms with van der Waals surface area (Å²) in [5.74, 6) is 6.60. The lowest BCUT2D eigenvalue weighted by Gasteiger charge is -2.12. The van der Waals surface area contributed by atoms with E-state index in [1.165, 1.54) is 11.2 Å². The van der Waals surface area contributed by atoms with Gasteiger partial charge in [0.2, 0.25) is 0 Å². The third-order valence-electron chi connectivity index (χ3n) is 2.47. The molecule has 0 aromatic carbocycles. The summed E-state index contributed by atoms with van der Waals surface area (Å²) in [4.78, 5) is 13.8. The van der Waals surface area contributed by atoms with Crippen LogP contribution in [-0.4, -0.2) is 15.0 Å². The van der Waals surface area contributed by atoms with E-state index >= 15 is 0 Å². The minimum Gasteiger partial charge on any atom is -0.361 e. The first-order chi connectivity index (χ1) is 8.72. The molecule has 0 saturated heterocycles. The Kier molecular flexibility index (Phi) is 4.06. The molecule has 1 atom stereocenters. The lowest BCUT2D eigenvalue weighted by atomic mass is 10.3. The van der Waals surface area contributed by atoms with Gasteiger partial charge in [-0.15, -0.1) is 11.3 Å². The van der Waals surface area contributed by atoms with Crippen molar-refractivity contribution in [2.45, 2.75) is 26.3 Å². The minimum absolute atomic E-state index is 0.107. The van der Waals surface area contributed by atoms with Crippen LogP contribution >= 0.6 is 11.3 Å². The summed E-state index contributed by atoms with van der Waals surface area (Å²) in [6.45, 7) is 4.18. The topological polar surface area (TPSA) is 88.8 Å². The predicted octanol–water partition coefficient (Wildman–Crippen LogP) is 1.95. The summed E-state index contributed by atoms with van der Waals surface area (Å²) < 4.78 is 0. The number of nitrogens with one attached hydrogen (secondary N) is 2. The van der Waals surface area contributed by atoms with E-state index < -0.39 is 0 Å². The highest BCUT2D eigenvalue weighted by Crippen LogP contribution is 2.23. The van der Waals surface area contributed by atoms with Gasteiger partial charge >= 0.3 is 0 Å². The van der Waals surface area contributed by atoms with Gasteiger partial charge in [-0.1, -0.05) is 6.92 Å². The maximum absolute atomic E-state index is 5.30. The Labute approximate surface area is 110 Å². The number of nitrogens with zero attached hydrogens (tertiary/aromatic N) is 3. The molecule has 0 aliphatic carbocycles. The fourth-order valence-electron chi connectivity index (χ4n) is 1.49. The first-order valence-corrected chi connectivity index (χ1v) is 6.54. The average molecular weight is 264 g/mol. The third-order valence-corrected chi connectivity index (χ3v) is 3.79. The van der Waals surface area contributed by atoms with Crippen LogP contribution in [0.1, 0.15) is 29.8 Å². The zero-order chi connectivity index (χ0) is 13.0. The van der Waals surface area contributed by atoms with E-state index in [4.69, 9.17) is 5.84 Å². The Morgan fingerprint density at radius 3 is 2.78 bits per heavy atom. The molecule has 0 spiro atoms. The summed E-state index contributed by atoms with van der Waals surface area (Å²) in [5.41, 5.74) is 2.49. The summed E-state index contributed by atoms with van der Waals surface area (Å²) in [5, 5.41) is 4.32. The van der Waals surface area contributed by atoms with Gasteiger partial charge in [-0.25, -0.2) is 20.8 Å². The Bertz CT molecular complexity index is 512. The van der Waals surface area contributed by atoms with Gasteiger partial charge in [-0.2, -0.15) is 0 Å². The van der Waals surface area contributed by atoms with Gasteiger partial charge in [-0.3, -0.25) is 0 Å². The number of hydrogen-bond donors (Lipinski definition) is 3. The Balaban J connectivity index is 2.08. The maximum atomic E-state index is 5.30. The van der Waals surface area contributed by atoms with Crippen LogP contribution in [0.2, 0.25) is 0 Å². The monoisotopic (exact) mass is 264 g/mol. The molecular formula is C11H16N6S. The quantitative estimate of drug-likeness (QED) is 0.565. The van der Waals surface area contributed by atoms with Crippen molar-refractivity contribution in [3.8, 4) is 0 Å². The van der Waals surface area contributed by atoms with Crippen LogP contribution in [0.25, 0.3) is 0 Å². The molecule has 6 nitrogen and oxygen atoms in total. The second-order valence-corrected chi connectivity index (χ2v) is 4.96. The minimum atomic E-state index is 0.107. The van der Waals surface area contributed by atoms with Gasteiger partial charge in [-0.05, 0) is 13.3 Å². The van der Waals surface area contributed by atoms with Gasteiger partial charge < -0.3 is 10.7 Å². The fraction of sp³-hybridized carbons (Fsp3) is 0.364. The number of hydrogen-bond acceptors (Lipinski definition) is 7. The van der Waals surface area contributed by atoms with Gasteiger partial charge in [0.05, 0.1) is 6.04 Å². The van der Waals surface area contributed by atoms with E-state index in [0.29, 0.717) is 5.82 Å². The van der Waals surface area contributed by atoms with Crippen molar-refractivity contribution in [1.29, 1.82) is 0 Å². The van der Waals surface area contributed by atoms with Gasteiger partial charge in [0.25, 0.3) is 0 Å². The molecule has 1 unspecified atom stereocenters. The van der Waals surface area contributed by atoms with Crippen molar-refractivity contribution in [2.75, 3.05) is 10.7 Å². The summed E-state index contributed by atoms with van der Waals surface area (Å²) in [7, 11) is 0. The van der Waals surface area contributed by atoms with Crippen LogP contribution in [0.5, 0.6) is 0 Å². The van der Waals surface area contributed by atoms with Crippen LogP contribution in [0.3, 0.4) is 0 Å². The van der Waals surface area contributed by atoms with Crippen molar-refractivity contribution < 1.29 is 0 Å². The Morgan fingerprint density at radius 2 is 2.11 bits per heavy atom. The second-order valence-electron chi connectivity index (χ2n) is 3.82. The average Bonchev–Trinajstić information content (AvgIpc) is 2.88.